The van der Waals surface area contributed by atoms with Gasteiger partial charge in [0, 0.05) is 16.1 Å². The van der Waals surface area contributed by atoms with E-state index in [1.807, 2.05) is 10.7 Å². The average molecular weight is 307 g/mol. The number of aromatic nitrogens is 2. The smallest absolute Gasteiger partial charge is 0.0886 e. The first kappa shape index (κ1) is 11.9. The predicted octanol–water partition coefficient (Wildman–Crippen LogP) is 3.31. The molecule has 0 atom stereocenters. The Morgan fingerprint density at radius 3 is 2.78 bits per heavy atom. The summed E-state index contributed by atoms with van der Waals surface area (Å²) in [5.41, 5.74) is 4.21. The summed E-state index contributed by atoms with van der Waals surface area (Å²) in [5, 5.41) is 13.7. The number of aliphatic hydroxyl groups excluding tert-OH is 1. The molecule has 0 spiro atoms. The second kappa shape index (κ2) is 4.52. The van der Waals surface area contributed by atoms with Crippen LogP contribution in [0.1, 0.15) is 35.7 Å². The van der Waals surface area contributed by atoms with Gasteiger partial charge in [0.2, 0.25) is 0 Å². The molecule has 0 bridgehead atoms. The van der Waals surface area contributed by atoms with Gasteiger partial charge in [-0.05, 0) is 59.5 Å². The molecule has 1 fully saturated rings. The van der Waals surface area contributed by atoms with Crippen LogP contribution in [0.3, 0.4) is 0 Å². The average Bonchev–Trinajstić information content (AvgIpc) is 3.10. The lowest BCUT2D eigenvalue weighted by Crippen LogP contribution is -2.02. The number of nitrogens with zero attached hydrogens (tertiary/aromatic N) is 2. The van der Waals surface area contributed by atoms with Crippen molar-refractivity contribution in [1.29, 1.82) is 0 Å². The molecule has 1 aliphatic carbocycles. The van der Waals surface area contributed by atoms with Crippen molar-refractivity contribution in [2.45, 2.75) is 32.3 Å². The molecule has 3 rings (SSSR count). The minimum atomic E-state index is -0.00377. The van der Waals surface area contributed by atoms with Crippen molar-refractivity contribution >= 4 is 15.9 Å². The lowest BCUT2D eigenvalue weighted by molar-refractivity contribution is 0.276. The van der Waals surface area contributed by atoms with Gasteiger partial charge in [0.25, 0.3) is 0 Å². The Labute approximate surface area is 115 Å². The van der Waals surface area contributed by atoms with E-state index in [4.69, 9.17) is 0 Å². The van der Waals surface area contributed by atoms with Crippen molar-refractivity contribution in [2.75, 3.05) is 0 Å². The van der Waals surface area contributed by atoms with Gasteiger partial charge in [-0.15, -0.1) is 0 Å². The summed E-state index contributed by atoms with van der Waals surface area (Å²) < 4.78 is 3.00. The zero-order valence-corrected chi connectivity index (χ0v) is 11.8. The molecule has 0 amide bonds. The predicted molar refractivity (Wildman–Crippen MR) is 73.9 cm³/mol. The molecule has 1 aromatic carbocycles. The van der Waals surface area contributed by atoms with Gasteiger partial charge in [0.15, 0.2) is 0 Å². The Kier molecular flexibility index (Phi) is 2.99. The van der Waals surface area contributed by atoms with E-state index in [0.29, 0.717) is 5.92 Å². The molecule has 0 radical (unpaired) electrons. The van der Waals surface area contributed by atoms with Crippen molar-refractivity contribution in [2.24, 2.45) is 0 Å². The number of aryl methyl sites for hydroxylation is 1. The molecule has 0 unspecified atom stereocenters. The maximum Gasteiger partial charge on any atom is 0.0886 e. The molecular formula is C14H15BrN2O. The van der Waals surface area contributed by atoms with Crippen LogP contribution in [0.2, 0.25) is 0 Å². The zero-order valence-electron chi connectivity index (χ0n) is 10.2. The van der Waals surface area contributed by atoms with Crippen LogP contribution in [0, 0.1) is 6.92 Å². The molecule has 18 heavy (non-hydrogen) atoms. The fourth-order valence-electron chi connectivity index (χ4n) is 2.17. The lowest BCUT2D eigenvalue weighted by atomic mass is 10.2. The highest BCUT2D eigenvalue weighted by Crippen LogP contribution is 2.41. The molecule has 0 aliphatic heterocycles. The molecule has 1 aromatic heterocycles. The first-order chi connectivity index (χ1) is 8.69. The fourth-order valence-corrected chi connectivity index (χ4v) is 2.83. The molecular weight excluding hydrogens is 292 g/mol. The summed E-state index contributed by atoms with van der Waals surface area (Å²) in [6.07, 6.45) is 2.44. The van der Waals surface area contributed by atoms with Crippen LogP contribution in [-0.2, 0) is 6.61 Å². The third-order valence-corrected chi connectivity index (χ3v) is 3.91. The summed E-state index contributed by atoms with van der Waals surface area (Å²) in [5.74, 6) is 0.603. The maximum atomic E-state index is 9.25. The molecule has 3 nitrogen and oxygen atoms in total. The number of hydrogen-bond donors (Lipinski definition) is 1. The van der Waals surface area contributed by atoms with Crippen molar-refractivity contribution < 1.29 is 5.11 Å². The van der Waals surface area contributed by atoms with E-state index in [0.717, 1.165) is 15.9 Å². The Morgan fingerprint density at radius 2 is 2.17 bits per heavy atom. The molecule has 4 heteroatoms. The molecule has 0 saturated heterocycles. The minimum Gasteiger partial charge on any atom is -0.390 e. The van der Waals surface area contributed by atoms with Gasteiger partial charge < -0.3 is 5.11 Å². The zero-order chi connectivity index (χ0) is 12.7. The molecule has 1 N–H and O–H groups in total. The number of benzene rings is 1. The summed E-state index contributed by atoms with van der Waals surface area (Å²) in [6.45, 7) is 2.06. The van der Waals surface area contributed by atoms with Gasteiger partial charge >= 0.3 is 0 Å². The van der Waals surface area contributed by atoms with Crippen LogP contribution < -0.4 is 0 Å². The lowest BCUT2D eigenvalue weighted by Gasteiger charge is -2.09. The first-order valence-electron chi connectivity index (χ1n) is 6.15. The maximum absolute atomic E-state index is 9.25. The van der Waals surface area contributed by atoms with Crippen LogP contribution in [-0.4, -0.2) is 14.9 Å². The summed E-state index contributed by atoms with van der Waals surface area (Å²) in [7, 11) is 0. The SMILES string of the molecule is Cc1ccc(-n2nc(CO)cc2C2CC2)c(Br)c1. The molecule has 2 aromatic rings. The highest BCUT2D eigenvalue weighted by atomic mass is 79.9. The van der Waals surface area contributed by atoms with E-state index in [2.05, 4.69) is 46.2 Å². The van der Waals surface area contributed by atoms with Crippen LogP contribution >= 0.6 is 15.9 Å². The second-order valence-electron chi connectivity index (χ2n) is 4.86. The fraction of sp³-hybridized carbons (Fsp3) is 0.357. The highest BCUT2D eigenvalue weighted by Gasteiger charge is 2.28. The molecule has 1 saturated carbocycles. The van der Waals surface area contributed by atoms with Crippen LogP contribution in [0.5, 0.6) is 0 Å². The van der Waals surface area contributed by atoms with Gasteiger partial charge in [-0.1, -0.05) is 6.07 Å². The standard InChI is InChI=1S/C14H15BrN2O/c1-9-2-5-13(12(15)6-9)17-14(10-3-4-10)7-11(8-18)16-17/h2,5-7,10,18H,3-4,8H2,1H3. The molecule has 1 aliphatic rings. The van der Waals surface area contributed by atoms with E-state index in [1.54, 1.807) is 0 Å². The monoisotopic (exact) mass is 306 g/mol. The number of rotatable bonds is 3. The normalized spacial score (nSPS) is 15.1. The van der Waals surface area contributed by atoms with Gasteiger partial charge in [-0.3, -0.25) is 0 Å². The molecule has 1 heterocycles. The first-order valence-corrected chi connectivity index (χ1v) is 6.94. The van der Waals surface area contributed by atoms with E-state index in [1.165, 1.54) is 24.1 Å². The van der Waals surface area contributed by atoms with Gasteiger partial charge in [0.1, 0.15) is 0 Å². The van der Waals surface area contributed by atoms with Gasteiger partial charge in [-0.25, -0.2) is 4.68 Å². The highest BCUT2D eigenvalue weighted by molar-refractivity contribution is 9.10. The number of aliphatic hydroxyl groups is 1. The van der Waals surface area contributed by atoms with Crippen molar-refractivity contribution in [1.82, 2.24) is 9.78 Å². The van der Waals surface area contributed by atoms with Crippen molar-refractivity contribution in [3.05, 3.63) is 45.7 Å². The summed E-state index contributed by atoms with van der Waals surface area (Å²) in [4.78, 5) is 0. The Morgan fingerprint density at radius 1 is 1.39 bits per heavy atom. The van der Waals surface area contributed by atoms with E-state index in [9.17, 15) is 5.11 Å². The van der Waals surface area contributed by atoms with Gasteiger partial charge in [-0.2, -0.15) is 5.10 Å². The van der Waals surface area contributed by atoms with E-state index in [-0.39, 0.29) is 6.61 Å². The third kappa shape index (κ3) is 2.10. The van der Waals surface area contributed by atoms with Crippen molar-refractivity contribution in [3.8, 4) is 5.69 Å². The second-order valence-corrected chi connectivity index (χ2v) is 5.71. The van der Waals surface area contributed by atoms with Gasteiger partial charge in [0.05, 0.1) is 18.0 Å². The Hall–Kier alpha value is -1.13. The van der Waals surface area contributed by atoms with E-state index < -0.39 is 0 Å². The number of hydrogen-bond acceptors (Lipinski definition) is 2. The van der Waals surface area contributed by atoms with Crippen molar-refractivity contribution in [3.63, 3.8) is 0 Å². The van der Waals surface area contributed by atoms with Crippen LogP contribution in [0.25, 0.3) is 5.69 Å². The van der Waals surface area contributed by atoms with Crippen LogP contribution in [0.4, 0.5) is 0 Å². The summed E-state index contributed by atoms with van der Waals surface area (Å²) >= 11 is 3.60. The summed E-state index contributed by atoms with van der Waals surface area (Å²) in [6, 6.07) is 8.26. The topological polar surface area (TPSA) is 38.0 Å². The molecule has 94 valence electrons. The minimum absolute atomic E-state index is 0.00377. The quantitative estimate of drug-likeness (QED) is 0.944. The van der Waals surface area contributed by atoms with E-state index >= 15 is 0 Å². The Balaban J connectivity index is 2.12. The Bertz CT molecular complexity index is 587. The largest absolute Gasteiger partial charge is 0.390 e. The third-order valence-electron chi connectivity index (χ3n) is 3.28. The van der Waals surface area contributed by atoms with Crippen LogP contribution in [0.15, 0.2) is 28.7 Å². The number of halogens is 1.